The number of ether oxygens (including phenoxy) is 5. The number of hydrogen-bond donors (Lipinski definition) is 2. The molecule has 3 amide bonds. The van der Waals surface area contributed by atoms with Crippen molar-refractivity contribution in [2.45, 2.75) is 102 Å². The zero-order valence-electron chi connectivity index (χ0n) is 27.2. The zero-order valence-corrected chi connectivity index (χ0v) is 29.1. The Kier molecular flexibility index (Phi) is 12.3. The van der Waals surface area contributed by atoms with Crippen LogP contribution in [-0.4, -0.2) is 127 Å². The predicted octanol–water partition coefficient (Wildman–Crippen LogP) is 2.45. The Labute approximate surface area is 256 Å². The van der Waals surface area contributed by atoms with Crippen LogP contribution in [0, 0.1) is 0 Å². The largest absolute Gasteiger partial charge is 0.500 e. The number of hydrogen-bond acceptors (Lipinski definition) is 12. The van der Waals surface area contributed by atoms with Crippen molar-refractivity contribution in [3.05, 3.63) is 0 Å². The van der Waals surface area contributed by atoms with E-state index in [2.05, 4.69) is 44.5 Å². The summed E-state index contributed by atoms with van der Waals surface area (Å²) in [4.78, 5) is 26.1. The first kappa shape index (κ1) is 36.4. The number of fused-ring (bicyclic) bond motifs is 4. The first-order valence-electron chi connectivity index (χ1n) is 14.8. The van der Waals surface area contributed by atoms with Gasteiger partial charge in [0.05, 0.1) is 45.3 Å². The van der Waals surface area contributed by atoms with Gasteiger partial charge in [0.15, 0.2) is 14.4 Å². The fourth-order valence-corrected chi connectivity index (χ4v) is 7.94. The molecule has 2 unspecified atom stereocenters. The molecule has 0 aromatic heterocycles. The van der Waals surface area contributed by atoms with Crippen LogP contribution in [0.3, 0.4) is 0 Å². The van der Waals surface area contributed by atoms with Gasteiger partial charge in [-0.3, -0.25) is 9.88 Å². The van der Waals surface area contributed by atoms with Gasteiger partial charge in [0.2, 0.25) is 12.3 Å². The van der Waals surface area contributed by atoms with Crippen LogP contribution < -0.4 is 10.6 Å². The summed E-state index contributed by atoms with van der Waals surface area (Å²) in [6.07, 6.45) is -4.34. The molecule has 14 nitrogen and oxygen atoms in total. The Balaban J connectivity index is 2.22. The van der Waals surface area contributed by atoms with E-state index in [0.29, 0.717) is 0 Å². The number of rotatable bonds is 13. The number of amides is 3. The highest BCUT2D eigenvalue weighted by Gasteiger charge is 2.59. The van der Waals surface area contributed by atoms with Gasteiger partial charge in [-0.15, -0.1) is 0 Å². The minimum Gasteiger partial charge on any atom is -0.408 e. The summed E-state index contributed by atoms with van der Waals surface area (Å²) >= 11 is 0. The normalized spacial score (nSPS) is 32.3. The Bertz CT molecular complexity index is 1060. The molecule has 3 rings (SSSR count). The summed E-state index contributed by atoms with van der Waals surface area (Å²) in [6, 6.07) is -0.695. The van der Waals surface area contributed by atoms with Gasteiger partial charge in [-0.25, -0.2) is 4.79 Å². The van der Waals surface area contributed by atoms with Crippen LogP contribution in [0.15, 0.2) is 0 Å². The van der Waals surface area contributed by atoms with Crippen LogP contribution in [-0.2, 0) is 46.5 Å². The van der Waals surface area contributed by atoms with E-state index in [1.54, 1.807) is 34.9 Å². The van der Waals surface area contributed by atoms with Gasteiger partial charge in [0.1, 0.15) is 24.1 Å². The van der Waals surface area contributed by atoms with Crippen molar-refractivity contribution in [1.82, 2.24) is 10.6 Å². The molecule has 43 heavy (non-hydrogen) atoms. The molecule has 0 aromatic carbocycles. The third-order valence-electron chi connectivity index (χ3n) is 8.26. The second-order valence-corrected chi connectivity index (χ2v) is 19.4. The molecule has 16 heteroatoms. The summed E-state index contributed by atoms with van der Waals surface area (Å²) < 4.78 is 64.3. The van der Waals surface area contributed by atoms with Crippen molar-refractivity contribution < 1.29 is 55.9 Å². The molecule has 7 atom stereocenters. The van der Waals surface area contributed by atoms with Crippen LogP contribution in [0.4, 0.5) is 4.79 Å². The maximum absolute atomic E-state index is 13.9. The number of urea groups is 1. The van der Waals surface area contributed by atoms with Crippen molar-refractivity contribution in [1.29, 1.82) is 0 Å². The minimum atomic E-state index is -3.67. The van der Waals surface area contributed by atoms with Crippen LogP contribution in [0.25, 0.3) is 0 Å². The van der Waals surface area contributed by atoms with Gasteiger partial charge in [-0.05, 0) is 46.0 Å². The summed E-state index contributed by atoms with van der Waals surface area (Å²) in [7, 11) is -2.94. The Morgan fingerprint density at radius 2 is 1.81 bits per heavy atom. The van der Waals surface area contributed by atoms with Crippen LogP contribution in [0.1, 0.15) is 41.5 Å². The molecule has 3 heterocycles. The fraction of sp³-hybridized carbons (Fsp3) is 0.889. The van der Waals surface area contributed by atoms with E-state index in [0.717, 1.165) is 0 Å². The standard InChI is InChI=1S/C27H50N3O11PSi/c1-11-37-42(33,38-12-2)16-19-20-21(41-43(9,10)26(3,4)5)22(35-14-13-34-8)24(39-20)30-15-18(23(31)29-25(30)32)40-27(6,28-7)17-36-19/h15,18-22,24,28H,11-14,16-17H2,1-10H3/p+1/t18?,19-,20-,21-,22-,24-,27?/m1/s1. The SMILES string of the molecule is CCOP(=O)(C[C@H]1OCC(C)(NC)OC2C=[N+](C(=O)NC2=O)[C@@H]2O[C@H]1[C@@H](O[Si](C)(C)C(C)(C)C)[C@H]2OCCOC)OCC. The average molecular weight is 653 g/mol. The molecule has 248 valence electrons. The lowest BCUT2D eigenvalue weighted by Gasteiger charge is -2.42. The second-order valence-electron chi connectivity index (χ2n) is 12.5. The van der Waals surface area contributed by atoms with E-state index in [1.165, 1.54) is 10.8 Å². The number of nitrogens with one attached hydrogen (secondary N) is 2. The first-order chi connectivity index (χ1) is 20.0. The lowest BCUT2D eigenvalue weighted by atomic mass is 10.1. The highest BCUT2D eigenvalue weighted by Crippen LogP contribution is 2.51. The summed E-state index contributed by atoms with van der Waals surface area (Å²) in [5, 5.41) is 5.23. The molecule has 1 saturated heterocycles. The predicted molar refractivity (Wildman–Crippen MR) is 160 cm³/mol. The quantitative estimate of drug-likeness (QED) is 0.130. The van der Waals surface area contributed by atoms with E-state index >= 15 is 0 Å². The fourth-order valence-electron chi connectivity index (χ4n) is 4.81. The maximum atomic E-state index is 13.9. The van der Waals surface area contributed by atoms with Crippen LogP contribution >= 0.6 is 7.60 Å². The average Bonchev–Trinajstić information content (AvgIpc) is 3.23. The molecular formula is C27H51N3O11PSi+. The van der Waals surface area contributed by atoms with E-state index < -0.39 is 70.3 Å². The lowest BCUT2D eigenvalue weighted by molar-refractivity contribution is -0.538. The summed E-state index contributed by atoms with van der Waals surface area (Å²) in [5.41, 5.74) is -1.18. The van der Waals surface area contributed by atoms with Gasteiger partial charge in [-0.1, -0.05) is 20.8 Å². The van der Waals surface area contributed by atoms with Gasteiger partial charge in [0.25, 0.3) is 0 Å². The molecule has 0 aliphatic carbocycles. The van der Waals surface area contributed by atoms with Gasteiger partial charge in [0, 0.05) is 7.11 Å². The molecule has 4 bridgehead atoms. The van der Waals surface area contributed by atoms with Crippen molar-refractivity contribution >= 4 is 34.1 Å². The maximum Gasteiger partial charge on any atom is 0.500 e. The number of nitrogens with zero attached hydrogens (tertiary/aromatic N) is 1. The van der Waals surface area contributed by atoms with Crippen molar-refractivity contribution in [2.75, 3.05) is 53.4 Å². The molecule has 2 N–H and O–H groups in total. The summed E-state index contributed by atoms with van der Waals surface area (Å²) in [5.74, 6) is -0.629. The van der Waals surface area contributed by atoms with Crippen molar-refractivity contribution in [3.63, 3.8) is 0 Å². The van der Waals surface area contributed by atoms with E-state index in [-0.39, 0.29) is 44.2 Å². The third kappa shape index (κ3) is 8.58. The van der Waals surface area contributed by atoms with Crippen molar-refractivity contribution in [3.8, 4) is 0 Å². The highest BCUT2D eigenvalue weighted by atomic mass is 31.2. The van der Waals surface area contributed by atoms with Gasteiger partial charge in [-0.2, -0.15) is 14.7 Å². The van der Waals surface area contributed by atoms with Crippen LogP contribution in [0.5, 0.6) is 0 Å². The van der Waals surface area contributed by atoms with Gasteiger partial charge >= 0.3 is 19.5 Å². The number of likely N-dealkylation sites (N-methyl/N-ethyl adjacent to an activating group) is 1. The molecule has 3 aliphatic rings. The lowest BCUT2D eigenvalue weighted by Crippen LogP contribution is -2.61. The first-order valence-corrected chi connectivity index (χ1v) is 19.5. The number of carbonyl (C=O) groups is 2. The van der Waals surface area contributed by atoms with E-state index in [1.807, 2.05) is 0 Å². The van der Waals surface area contributed by atoms with E-state index in [4.69, 9.17) is 37.2 Å². The molecule has 0 saturated carbocycles. The molecule has 0 aromatic rings. The minimum absolute atomic E-state index is 0.0788. The Hall–Kier alpha value is -1.10. The molecular weight excluding hydrogens is 601 g/mol. The highest BCUT2D eigenvalue weighted by molar-refractivity contribution is 7.53. The number of methoxy groups -OCH3 is 1. The van der Waals surface area contributed by atoms with Crippen molar-refractivity contribution in [2.24, 2.45) is 0 Å². The molecule has 1 fully saturated rings. The number of imide groups is 1. The van der Waals surface area contributed by atoms with E-state index in [9.17, 15) is 14.2 Å². The van der Waals surface area contributed by atoms with Crippen LogP contribution in [0.2, 0.25) is 18.1 Å². The zero-order chi connectivity index (χ0) is 32.2. The Morgan fingerprint density at radius 1 is 1.16 bits per heavy atom. The number of carbonyl (C=O) groups excluding carboxylic acids is 2. The summed E-state index contributed by atoms with van der Waals surface area (Å²) in [6.45, 7) is 16.5. The topological polar surface area (TPSA) is 152 Å². The molecule has 0 spiro atoms. The smallest absolute Gasteiger partial charge is 0.408 e. The van der Waals surface area contributed by atoms with Gasteiger partial charge < -0.3 is 37.2 Å². The molecule has 3 aliphatic heterocycles. The Morgan fingerprint density at radius 3 is 2.37 bits per heavy atom. The second kappa shape index (κ2) is 14.5. The third-order valence-corrected chi connectivity index (χ3v) is 14.8. The molecule has 0 radical (unpaired) electrons. The monoisotopic (exact) mass is 652 g/mol.